The van der Waals surface area contributed by atoms with Crippen molar-refractivity contribution in [2.24, 2.45) is 11.8 Å². The Kier molecular flexibility index (Phi) is 6.78. The highest BCUT2D eigenvalue weighted by Crippen LogP contribution is 2.42. The van der Waals surface area contributed by atoms with Crippen LogP contribution in [0, 0.1) is 11.8 Å². The van der Waals surface area contributed by atoms with Crippen LogP contribution >= 0.6 is 23.2 Å². The van der Waals surface area contributed by atoms with Gasteiger partial charge >= 0.3 is 0 Å². The van der Waals surface area contributed by atoms with Gasteiger partial charge in [-0.25, -0.2) is 0 Å². The van der Waals surface area contributed by atoms with Crippen LogP contribution in [0.4, 0.5) is 0 Å². The molecule has 6 nitrogen and oxygen atoms in total. The zero-order valence-electron chi connectivity index (χ0n) is 16.4. The Morgan fingerprint density at radius 3 is 1.80 bits per heavy atom. The third-order valence-corrected chi connectivity index (χ3v) is 6.17. The van der Waals surface area contributed by atoms with Crippen molar-refractivity contribution in [1.82, 2.24) is 0 Å². The molecule has 0 amide bonds. The van der Waals surface area contributed by atoms with E-state index < -0.39 is 0 Å². The van der Waals surface area contributed by atoms with Crippen molar-refractivity contribution in [3.63, 3.8) is 0 Å². The van der Waals surface area contributed by atoms with Gasteiger partial charge in [-0.2, -0.15) is 0 Å². The van der Waals surface area contributed by atoms with Crippen LogP contribution < -0.4 is 18.9 Å². The lowest BCUT2D eigenvalue weighted by Gasteiger charge is -2.26. The molecule has 0 radical (unpaired) electrons. The molecule has 2 aromatic rings. The zero-order chi connectivity index (χ0) is 21.1. The van der Waals surface area contributed by atoms with Crippen molar-refractivity contribution in [3.8, 4) is 23.0 Å². The van der Waals surface area contributed by atoms with Crippen molar-refractivity contribution in [2.75, 3.05) is 26.8 Å². The van der Waals surface area contributed by atoms with E-state index in [0.29, 0.717) is 52.3 Å². The van der Waals surface area contributed by atoms with Gasteiger partial charge in [0.25, 0.3) is 0 Å². The molecule has 0 aliphatic carbocycles. The molecular weight excluding hydrogens is 431 g/mol. The van der Waals surface area contributed by atoms with E-state index >= 15 is 0 Å². The molecule has 2 atom stereocenters. The van der Waals surface area contributed by atoms with Crippen LogP contribution in [-0.4, -0.2) is 37.0 Å². The standard InChI is InChI=1S/C22H24Cl2O6/c23-17-6-13(8-19-21(17)29-11-27-19)4-15(2-1-3-25)16(10-26)5-14-7-18(24)22-20(9-14)28-12-30-22/h6-9,15-16,25-26H,1-5,10-12H2/t15-,16+/m0/s1. The molecule has 0 fully saturated rings. The van der Waals surface area contributed by atoms with Gasteiger partial charge in [0.05, 0.1) is 10.0 Å². The van der Waals surface area contributed by atoms with E-state index in [4.69, 9.17) is 42.1 Å². The van der Waals surface area contributed by atoms with Crippen molar-refractivity contribution in [3.05, 3.63) is 45.4 Å². The van der Waals surface area contributed by atoms with E-state index in [1.54, 1.807) is 0 Å². The molecule has 0 saturated carbocycles. The second-order valence-corrected chi connectivity index (χ2v) is 8.41. The topological polar surface area (TPSA) is 77.4 Å². The molecule has 0 saturated heterocycles. The fraction of sp³-hybridized carbons (Fsp3) is 0.455. The van der Waals surface area contributed by atoms with Crippen LogP contribution in [-0.2, 0) is 12.8 Å². The van der Waals surface area contributed by atoms with Crippen LogP contribution in [0.1, 0.15) is 24.0 Å². The van der Waals surface area contributed by atoms with Crippen LogP contribution in [0.15, 0.2) is 24.3 Å². The van der Waals surface area contributed by atoms with Gasteiger partial charge in [0, 0.05) is 13.2 Å². The number of aliphatic hydroxyl groups excluding tert-OH is 2. The summed E-state index contributed by atoms with van der Waals surface area (Å²) >= 11 is 12.7. The van der Waals surface area contributed by atoms with E-state index in [0.717, 1.165) is 17.5 Å². The fourth-order valence-corrected chi connectivity index (χ4v) is 4.70. The molecule has 0 spiro atoms. The maximum absolute atomic E-state index is 10.2. The summed E-state index contributed by atoms with van der Waals surface area (Å²) in [7, 11) is 0. The number of hydrogen-bond acceptors (Lipinski definition) is 6. The normalized spacial score (nSPS) is 16.0. The maximum atomic E-state index is 10.2. The second-order valence-electron chi connectivity index (χ2n) is 7.60. The number of rotatable bonds is 9. The Bertz CT molecular complexity index is 904. The molecule has 0 unspecified atom stereocenters. The minimum Gasteiger partial charge on any atom is -0.454 e. The molecular formula is C22H24Cl2O6. The Hall–Kier alpha value is -1.86. The zero-order valence-corrected chi connectivity index (χ0v) is 17.9. The van der Waals surface area contributed by atoms with Crippen molar-refractivity contribution in [2.45, 2.75) is 25.7 Å². The highest BCUT2D eigenvalue weighted by atomic mass is 35.5. The minimum absolute atomic E-state index is 0.0143. The third-order valence-electron chi connectivity index (χ3n) is 5.60. The predicted molar refractivity (Wildman–Crippen MR) is 113 cm³/mol. The van der Waals surface area contributed by atoms with Crippen LogP contribution in [0.5, 0.6) is 23.0 Å². The van der Waals surface area contributed by atoms with Gasteiger partial charge in [0.2, 0.25) is 13.6 Å². The first-order chi connectivity index (χ1) is 14.6. The SMILES string of the molecule is OCCC[C@@H](Cc1cc(Cl)c2c(c1)OCO2)[C@@H](CO)Cc1cc(Cl)c2c(c1)OCO2. The summed E-state index contributed by atoms with van der Waals surface area (Å²) in [6.07, 6.45) is 2.74. The number of ether oxygens (including phenoxy) is 4. The summed E-state index contributed by atoms with van der Waals surface area (Å²) in [6.45, 7) is 0.440. The van der Waals surface area contributed by atoms with Gasteiger partial charge in [-0.15, -0.1) is 0 Å². The molecule has 0 bridgehead atoms. The molecule has 162 valence electrons. The Balaban J connectivity index is 1.54. The fourth-order valence-electron chi connectivity index (χ4n) is 4.12. The quantitative estimate of drug-likeness (QED) is 0.590. The van der Waals surface area contributed by atoms with Gasteiger partial charge in [-0.05, 0) is 72.9 Å². The average molecular weight is 455 g/mol. The minimum atomic E-state index is -0.0304. The van der Waals surface area contributed by atoms with Gasteiger partial charge in [-0.1, -0.05) is 23.2 Å². The first-order valence-electron chi connectivity index (χ1n) is 9.96. The summed E-state index contributed by atoms with van der Waals surface area (Å²) in [5.74, 6) is 2.50. The van der Waals surface area contributed by atoms with Gasteiger partial charge in [0.1, 0.15) is 0 Å². The lowest BCUT2D eigenvalue weighted by Crippen LogP contribution is -2.23. The van der Waals surface area contributed by atoms with E-state index in [-0.39, 0.29) is 38.6 Å². The lowest BCUT2D eigenvalue weighted by molar-refractivity contribution is 0.158. The van der Waals surface area contributed by atoms with Crippen molar-refractivity contribution >= 4 is 23.2 Å². The summed E-state index contributed by atoms with van der Waals surface area (Å²) in [4.78, 5) is 0. The summed E-state index contributed by atoms with van der Waals surface area (Å²) in [6, 6.07) is 7.59. The van der Waals surface area contributed by atoms with Gasteiger partial charge < -0.3 is 29.2 Å². The van der Waals surface area contributed by atoms with Gasteiger partial charge in [0.15, 0.2) is 23.0 Å². The van der Waals surface area contributed by atoms with Crippen LogP contribution in [0.2, 0.25) is 10.0 Å². The summed E-state index contributed by atoms with van der Waals surface area (Å²) in [5, 5.41) is 20.6. The Morgan fingerprint density at radius 2 is 1.30 bits per heavy atom. The molecule has 2 aliphatic heterocycles. The van der Waals surface area contributed by atoms with Crippen molar-refractivity contribution < 1.29 is 29.2 Å². The molecule has 2 heterocycles. The third kappa shape index (κ3) is 4.57. The number of hydrogen-bond donors (Lipinski definition) is 2. The van der Waals surface area contributed by atoms with E-state index in [1.165, 1.54) is 0 Å². The summed E-state index contributed by atoms with van der Waals surface area (Å²) in [5.41, 5.74) is 1.98. The van der Waals surface area contributed by atoms with E-state index in [1.807, 2.05) is 24.3 Å². The largest absolute Gasteiger partial charge is 0.454 e. The molecule has 2 aromatic carbocycles. The Labute approximate surface area is 185 Å². The highest BCUT2D eigenvalue weighted by molar-refractivity contribution is 6.32. The van der Waals surface area contributed by atoms with Gasteiger partial charge in [-0.3, -0.25) is 0 Å². The predicted octanol–water partition coefficient (Wildman–Crippen LogP) is 4.23. The monoisotopic (exact) mass is 454 g/mol. The molecule has 2 N–H and O–H groups in total. The molecule has 30 heavy (non-hydrogen) atoms. The number of fused-ring (bicyclic) bond motifs is 2. The first kappa shape index (κ1) is 21.4. The van der Waals surface area contributed by atoms with Crippen LogP contribution in [0.3, 0.4) is 0 Å². The molecule has 2 aliphatic rings. The van der Waals surface area contributed by atoms with E-state index in [9.17, 15) is 10.2 Å². The maximum Gasteiger partial charge on any atom is 0.231 e. The number of benzene rings is 2. The van der Waals surface area contributed by atoms with Crippen molar-refractivity contribution in [1.29, 1.82) is 0 Å². The van der Waals surface area contributed by atoms with E-state index in [2.05, 4.69) is 0 Å². The highest BCUT2D eigenvalue weighted by Gasteiger charge is 2.26. The molecule has 4 rings (SSSR count). The number of aliphatic hydroxyl groups is 2. The average Bonchev–Trinajstić information content (AvgIpc) is 3.39. The van der Waals surface area contributed by atoms with Crippen LogP contribution in [0.25, 0.3) is 0 Å². The molecule has 8 heteroatoms. The number of halogens is 2. The lowest BCUT2D eigenvalue weighted by atomic mass is 9.80. The Morgan fingerprint density at radius 1 is 0.767 bits per heavy atom. The second kappa shape index (κ2) is 9.52. The summed E-state index contributed by atoms with van der Waals surface area (Å²) < 4.78 is 21.7. The smallest absolute Gasteiger partial charge is 0.231 e. The first-order valence-corrected chi connectivity index (χ1v) is 10.7. The molecule has 0 aromatic heterocycles.